The molecule has 156 valence electrons. The van der Waals surface area contributed by atoms with E-state index in [1.165, 1.54) is 0 Å². The summed E-state index contributed by atoms with van der Waals surface area (Å²) < 4.78 is 10.3. The number of ether oxygens (including phenoxy) is 2. The Morgan fingerprint density at radius 2 is 1.21 bits per heavy atom. The van der Waals surface area contributed by atoms with Crippen molar-refractivity contribution < 1.29 is 23.9 Å². The van der Waals surface area contributed by atoms with E-state index in [0.29, 0.717) is 0 Å². The number of nitrogens with two attached hydrogens (primary N) is 1. The second-order valence-corrected chi connectivity index (χ2v) is 5.60. The summed E-state index contributed by atoms with van der Waals surface area (Å²) in [4.78, 5) is 74.2. The zero-order valence-electron chi connectivity index (χ0n) is 14.9. The van der Waals surface area contributed by atoms with Gasteiger partial charge in [-0.2, -0.15) is 0 Å². The summed E-state index contributed by atoms with van der Waals surface area (Å²) in [5.74, 6) is 2.87. The Morgan fingerprint density at radius 3 is 1.61 bits per heavy atom. The zero-order chi connectivity index (χ0) is 21.4. The maximum absolute atomic E-state index is 11.4. The molecule has 0 fully saturated rings. The highest BCUT2D eigenvalue weighted by atomic mass is 16.5. The molecule has 0 aromatic heterocycles. The zero-order valence-corrected chi connectivity index (χ0v) is 14.9. The van der Waals surface area contributed by atoms with Gasteiger partial charge in [0, 0.05) is 35.0 Å². The van der Waals surface area contributed by atoms with Crippen LogP contribution < -0.4 is 5.84 Å². The molecule has 0 spiro atoms. The van der Waals surface area contributed by atoms with E-state index >= 15 is 0 Å². The lowest BCUT2D eigenvalue weighted by Crippen LogP contribution is -2.51. The molecule has 0 aromatic carbocycles. The molecule has 0 bridgehead atoms. The van der Waals surface area contributed by atoms with E-state index in [0.717, 1.165) is 5.01 Å². The first-order valence-corrected chi connectivity index (χ1v) is 7.90. The summed E-state index contributed by atoms with van der Waals surface area (Å²) in [6, 6.07) is 0. The molecule has 0 aliphatic carbocycles. The van der Waals surface area contributed by atoms with Crippen LogP contribution in [0.25, 0.3) is 0 Å². The first-order chi connectivity index (χ1) is 13.3. The maximum atomic E-state index is 11.4. The molecule has 0 aliphatic heterocycles. The first-order valence-electron chi connectivity index (χ1n) is 7.90. The minimum atomic E-state index is -1.61. The lowest BCUT2D eigenvalue weighted by atomic mass is 10.0. The van der Waals surface area contributed by atoms with Gasteiger partial charge >= 0.3 is 0 Å². The van der Waals surface area contributed by atoms with Gasteiger partial charge in [-0.1, -0.05) is 5.18 Å². The number of hydrazine groups is 1. The Labute approximate surface area is 158 Å². The number of nitrogens with zero attached hydrogens (tertiary/aromatic N) is 5. The minimum absolute atomic E-state index is 0.122. The van der Waals surface area contributed by atoms with E-state index in [1.54, 1.807) is 0 Å². The molecular formula is C13H20N6O9. The molecule has 28 heavy (non-hydrogen) atoms. The van der Waals surface area contributed by atoms with Gasteiger partial charge in [0.15, 0.2) is 5.54 Å². The maximum Gasteiger partial charge on any atom is 0.288 e. The number of amides is 3. The molecule has 0 saturated heterocycles. The monoisotopic (exact) mass is 404 g/mol. The predicted molar refractivity (Wildman–Crippen MR) is 92.2 cm³/mol. The Bertz CT molecular complexity index is 557. The first kappa shape index (κ1) is 25.2. The standard InChI is InChI=1S/C13H20N6O9/c14-19(4-1-10(20)15-23)7-13(18-26,8-27-5-2-11(21)16-24)9-28-6-3-12(22)17-25/h1-9,14H2. The van der Waals surface area contributed by atoms with Crippen LogP contribution in [0.2, 0.25) is 0 Å². The molecule has 0 saturated carbocycles. The Morgan fingerprint density at radius 1 is 0.786 bits per heavy atom. The van der Waals surface area contributed by atoms with Crippen LogP contribution in [0, 0.1) is 19.6 Å². The van der Waals surface area contributed by atoms with Gasteiger partial charge in [0.1, 0.15) is 0 Å². The van der Waals surface area contributed by atoms with Gasteiger partial charge in [-0.05, 0) is 0 Å². The summed E-state index contributed by atoms with van der Waals surface area (Å²) in [5, 5.41) is 10.6. The summed E-state index contributed by atoms with van der Waals surface area (Å²) in [6.07, 6.45) is -0.926. The average molecular weight is 404 g/mol. The third-order valence-corrected chi connectivity index (χ3v) is 3.27. The van der Waals surface area contributed by atoms with E-state index in [1.807, 2.05) is 0 Å². The molecule has 2 N–H and O–H groups in total. The van der Waals surface area contributed by atoms with E-state index < -0.39 is 23.3 Å². The van der Waals surface area contributed by atoms with Gasteiger partial charge < -0.3 is 9.47 Å². The van der Waals surface area contributed by atoms with Crippen molar-refractivity contribution in [3.05, 3.63) is 19.6 Å². The van der Waals surface area contributed by atoms with Gasteiger partial charge in [0.05, 0.1) is 39.3 Å². The summed E-state index contributed by atoms with van der Waals surface area (Å²) in [7, 11) is 0. The predicted octanol–water partition coefficient (Wildman–Crippen LogP) is -0.250. The van der Waals surface area contributed by atoms with Crippen molar-refractivity contribution in [1.29, 1.82) is 0 Å². The van der Waals surface area contributed by atoms with Crippen LogP contribution in [0.5, 0.6) is 0 Å². The third-order valence-electron chi connectivity index (χ3n) is 3.27. The fourth-order valence-electron chi connectivity index (χ4n) is 1.89. The molecule has 0 aromatic rings. The second kappa shape index (κ2) is 14.3. The SMILES string of the molecule is NN(CCC(=O)N=O)CC(COCCC(=O)N=O)(COCCC(=O)N=O)N=O. The number of nitroso groups, excluding NO2 is 4. The molecule has 0 atom stereocenters. The van der Waals surface area contributed by atoms with Gasteiger partial charge in [0.2, 0.25) is 0 Å². The fourth-order valence-corrected chi connectivity index (χ4v) is 1.89. The van der Waals surface area contributed by atoms with Crippen molar-refractivity contribution in [3.8, 4) is 0 Å². The number of carbonyl (C=O) groups is 3. The number of hydrogen-bond donors (Lipinski definition) is 1. The summed E-state index contributed by atoms with van der Waals surface area (Å²) in [6.45, 7) is -1.61. The smallest absolute Gasteiger partial charge is 0.288 e. The van der Waals surface area contributed by atoms with Crippen molar-refractivity contribution in [2.24, 2.45) is 26.6 Å². The van der Waals surface area contributed by atoms with Crippen molar-refractivity contribution in [1.82, 2.24) is 5.01 Å². The highest BCUT2D eigenvalue weighted by molar-refractivity contribution is 5.77. The molecule has 0 rings (SSSR count). The molecule has 0 aliphatic rings. The molecule has 0 unspecified atom stereocenters. The number of hydrogen-bond acceptors (Lipinski definition) is 12. The Balaban J connectivity index is 4.84. The van der Waals surface area contributed by atoms with Crippen LogP contribution in [-0.2, 0) is 23.9 Å². The van der Waals surface area contributed by atoms with Crippen molar-refractivity contribution in [2.45, 2.75) is 24.8 Å². The third kappa shape index (κ3) is 11.1. The lowest BCUT2D eigenvalue weighted by molar-refractivity contribution is -0.119. The van der Waals surface area contributed by atoms with Crippen molar-refractivity contribution in [3.63, 3.8) is 0 Å². The van der Waals surface area contributed by atoms with E-state index in [2.05, 4.69) is 20.7 Å². The quantitative estimate of drug-likeness (QED) is 0.153. The van der Waals surface area contributed by atoms with E-state index in [4.69, 9.17) is 15.3 Å². The summed E-state index contributed by atoms with van der Waals surface area (Å²) in [5.41, 5.74) is -1.61. The molecule has 3 amide bonds. The van der Waals surface area contributed by atoms with E-state index in [-0.39, 0.29) is 58.8 Å². The highest BCUT2D eigenvalue weighted by Gasteiger charge is 2.35. The molecule has 15 nitrogen and oxygen atoms in total. The van der Waals surface area contributed by atoms with Crippen LogP contribution >= 0.6 is 0 Å². The van der Waals surface area contributed by atoms with Crippen LogP contribution in [0.4, 0.5) is 0 Å². The summed E-state index contributed by atoms with van der Waals surface area (Å²) >= 11 is 0. The topological polar surface area (TPSA) is 217 Å². The van der Waals surface area contributed by atoms with Gasteiger partial charge in [-0.3, -0.25) is 20.2 Å². The van der Waals surface area contributed by atoms with Crippen molar-refractivity contribution >= 4 is 17.7 Å². The lowest BCUT2D eigenvalue weighted by Gasteiger charge is -2.30. The Kier molecular flexibility index (Phi) is 12.9. The number of rotatable bonds is 16. The van der Waals surface area contributed by atoms with Crippen LogP contribution in [-0.4, -0.2) is 67.8 Å². The molecule has 0 radical (unpaired) electrons. The van der Waals surface area contributed by atoms with Crippen LogP contribution in [0.1, 0.15) is 19.3 Å². The van der Waals surface area contributed by atoms with Gasteiger partial charge in [-0.15, -0.1) is 19.6 Å². The van der Waals surface area contributed by atoms with Crippen LogP contribution in [0.15, 0.2) is 20.7 Å². The average Bonchev–Trinajstić information content (AvgIpc) is 2.71. The highest BCUT2D eigenvalue weighted by Crippen LogP contribution is 2.15. The van der Waals surface area contributed by atoms with E-state index in [9.17, 15) is 34.0 Å². The van der Waals surface area contributed by atoms with Gasteiger partial charge in [-0.25, -0.2) is 5.01 Å². The fraction of sp³-hybridized carbons (Fsp3) is 0.769. The normalized spacial score (nSPS) is 11.1. The molecular weight excluding hydrogens is 384 g/mol. The minimum Gasteiger partial charge on any atom is -0.378 e. The van der Waals surface area contributed by atoms with Crippen LogP contribution in [0.3, 0.4) is 0 Å². The molecule has 0 heterocycles. The molecule has 15 heteroatoms. The second-order valence-electron chi connectivity index (χ2n) is 5.60. The number of carbonyl (C=O) groups excluding carboxylic acids is 3. The Hall–Kier alpha value is -2.75. The largest absolute Gasteiger partial charge is 0.378 e. The van der Waals surface area contributed by atoms with Gasteiger partial charge in [0.25, 0.3) is 17.7 Å². The van der Waals surface area contributed by atoms with Crippen molar-refractivity contribution in [2.75, 3.05) is 39.5 Å².